The minimum Gasteiger partial charge on any atom is -0.388 e. The van der Waals surface area contributed by atoms with Crippen molar-refractivity contribution >= 4 is 5.69 Å². The highest BCUT2D eigenvalue weighted by molar-refractivity contribution is 5.54. The van der Waals surface area contributed by atoms with Crippen LogP contribution < -0.4 is 5.32 Å². The van der Waals surface area contributed by atoms with Gasteiger partial charge >= 0.3 is 0 Å². The van der Waals surface area contributed by atoms with Gasteiger partial charge in [-0.25, -0.2) is 0 Å². The summed E-state index contributed by atoms with van der Waals surface area (Å²) >= 11 is 0. The summed E-state index contributed by atoms with van der Waals surface area (Å²) < 4.78 is 0. The van der Waals surface area contributed by atoms with Crippen LogP contribution in [0.15, 0.2) is 18.2 Å². The lowest BCUT2D eigenvalue weighted by molar-refractivity contribution is 0.0730. The Morgan fingerprint density at radius 3 is 2.12 bits per heavy atom. The molecule has 0 fully saturated rings. The number of hydrogen-bond acceptors (Lipinski definition) is 2. The third-order valence-electron chi connectivity index (χ3n) is 4.30. The Bertz CT molecular complexity index is 419. The van der Waals surface area contributed by atoms with E-state index in [0.717, 1.165) is 0 Å². The summed E-state index contributed by atoms with van der Waals surface area (Å²) in [4.78, 5) is 2.45. The predicted molar refractivity (Wildman–Crippen MR) is 69.8 cm³/mol. The number of fused-ring (bicyclic) bond motifs is 1. The first-order valence-electron chi connectivity index (χ1n) is 5.88. The van der Waals surface area contributed by atoms with Crippen LogP contribution in [0.5, 0.6) is 0 Å². The maximum absolute atomic E-state index is 3.22. The summed E-state index contributed by atoms with van der Waals surface area (Å²) in [5.41, 5.74) is 4.29. The van der Waals surface area contributed by atoms with E-state index in [-0.39, 0.29) is 11.1 Å². The van der Waals surface area contributed by atoms with Crippen molar-refractivity contribution in [1.82, 2.24) is 4.90 Å². The summed E-state index contributed by atoms with van der Waals surface area (Å²) in [6, 6.07) is 6.70. The van der Waals surface area contributed by atoms with Gasteiger partial charge in [-0.1, -0.05) is 6.07 Å². The van der Waals surface area contributed by atoms with Crippen molar-refractivity contribution in [2.24, 2.45) is 0 Å². The van der Waals surface area contributed by atoms with Gasteiger partial charge in [-0.05, 0) is 58.0 Å². The fraction of sp³-hybridized carbons (Fsp3) is 0.571. The Morgan fingerprint density at radius 2 is 1.56 bits per heavy atom. The minimum atomic E-state index is 0.103. The van der Waals surface area contributed by atoms with E-state index in [1.807, 2.05) is 7.05 Å². The molecular formula is C14H22N2. The van der Waals surface area contributed by atoms with Gasteiger partial charge in [0.25, 0.3) is 0 Å². The monoisotopic (exact) mass is 218 g/mol. The fourth-order valence-corrected chi connectivity index (χ4v) is 2.80. The highest BCUT2D eigenvalue weighted by Crippen LogP contribution is 2.48. The van der Waals surface area contributed by atoms with Crippen LogP contribution in [0.2, 0.25) is 0 Å². The topological polar surface area (TPSA) is 15.3 Å². The van der Waals surface area contributed by atoms with E-state index >= 15 is 0 Å². The van der Waals surface area contributed by atoms with E-state index in [2.05, 4.69) is 63.2 Å². The molecular weight excluding hydrogens is 196 g/mol. The molecule has 2 nitrogen and oxygen atoms in total. The molecule has 0 aliphatic carbocycles. The predicted octanol–water partition coefficient (Wildman–Crippen LogP) is 3.14. The highest BCUT2D eigenvalue weighted by atomic mass is 15.2. The minimum absolute atomic E-state index is 0.103. The maximum atomic E-state index is 3.22. The molecule has 0 unspecified atom stereocenters. The Hall–Kier alpha value is -1.02. The Morgan fingerprint density at radius 1 is 1.00 bits per heavy atom. The Labute approximate surface area is 98.7 Å². The van der Waals surface area contributed by atoms with E-state index < -0.39 is 0 Å². The molecule has 16 heavy (non-hydrogen) atoms. The van der Waals surface area contributed by atoms with Crippen LogP contribution in [0.3, 0.4) is 0 Å². The standard InChI is InChI=1S/C14H22N2/c1-13(2)11-8-7-10(15-5)9-12(11)14(3,4)16(13)6/h7-9,15H,1-6H3. The number of anilines is 1. The third kappa shape index (κ3) is 1.29. The van der Waals surface area contributed by atoms with Crippen LogP contribution in [-0.2, 0) is 11.1 Å². The molecule has 1 aliphatic heterocycles. The maximum Gasteiger partial charge on any atom is 0.0414 e. The molecule has 0 atom stereocenters. The molecule has 0 bridgehead atoms. The van der Waals surface area contributed by atoms with E-state index in [0.29, 0.717) is 0 Å². The van der Waals surface area contributed by atoms with Crippen LogP contribution in [0.25, 0.3) is 0 Å². The van der Waals surface area contributed by atoms with Gasteiger partial charge < -0.3 is 5.32 Å². The first-order chi connectivity index (χ1) is 7.31. The molecule has 1 aromatic carbocycles. The lowest BCUT2D eigenvalue weighted by Crippen LogP contribution is -2.42. The molecule has 0 amide bonds. The first-order valence-corrected chi connectivity index (χ1v) is 5.88. The summed E-state index contributed by atoms with van der Waals surface area (Å²) in [7, 11) is 4.18. The van der Waals surface area contributed by atoms with Crippen molar-refractivity contribution in [2.45, 2.75) is 38.8 Å². The summed E-state index contributed by atoms with van der Waals surface area (Å²) in [5, 5.41) is 3.22. The van der Waals surface area contributed by atoms with Gasteiger partial charge in [-0.2, -0.15) is 0 Å². The van der Waals surface area contributed by atoms with Crippen molar-refractivity contribution in [3.63, 3.8) is 0 Å². The third-order valence-corrected chi connectivity index (χ3v) is 4.30. The number of benzene rings is 1. The summed E-state index contributed by atoms with van der Waals surface area (Å²) in [5.74, 6) is 0. The van der Waals surface area contributed by atoms with Crippen molar-refractivity contribution in [2.75, 3.05) is 19.4 Å². The normalized spacial score (nSPS) is 21.9. The van der Waals surface area contributed by atoms with Crippen LogP contribution in [-0.4, -0.2) is 19.0 Å². The molecule has 1 aromatic rings. The van der Waals surface area contributed by atoms with Gasteiger partial charge in [0.05, 0.1) is 0 Å². The van der Waals surface area contributed by atoms with Gasteiger partial charge in [-0.3, -0.25) is 4.90 Å². The molecule has 1 aliphatic rings. The number of nitrogens with zero attached hydrogens (tertiary/aromatic N) is 1. The van der Waals surface area contributed by atoms with Crippen molar-refractivity contribution in [3.8, 4) is 0 Å². The van der Waals surface area contributed by atoms with Gasteiger partial charge in [0.2, 0.25) is 0 Å². The molecule has 1 heterocycles. The zero-order valence-corrected chi connectivity index (χ0v) is 11.2. The van der Waals surface area contributed by atoms with E-state index in [1.165, 1.54) is 16.8 Å². The van der Waals surface area contributed by atoms with Crippen LogP contribution >= 0.6 is 0 Å². The molecule has 1 N–H and O–H groups in total. The lowest BCUT2D eigenvalue weighted by Gasteiger charge is -2.37. The fourth-order valence-electron chi connectivity index (χ4n) is 2.80. The molecule has 2 rings (SSSR count). The van der Waals surface area contributed by atoms with Gasteiger partial charge in [0.1, 0.15) is 0 Å². The Balaban J connectivity index is 2.65. The zero-order chi connectivity index (χ0) is 12.1. The van der Waals surface area contributed by atoms with E-state index in [9.17, 15) is 0 Å². The molecule has 0 saturated heterocycles. The zero-order valence-electron chi connectivity index (χ0n) is 11.2. The van der Waals surface area contributed by atoms with Crippen molar-refractivity contribution in [1.29, 1.82) is 0 Å². The first kappa shape index (κ1) is 11.5. The Kier molecular flexibility index (Phi) is 2.32. The smallest absolute Gasteiger partial charge is 0.0414 e. The SMILES string of the molecule is CNc1ccc2c(c1)C(C)(C)N(C)C2(C)C. The summed E-state index contributed by atoms with van der Waals surface area (Å²) in [6.45, 7) is 9.17. The second kappa shape index (κ2) is 3.24. The van der Waals surface area contributed by atoms with Crippen molar-refractivity contribution < 1.29 is 0 Å². The largest absolute Gasteiger partial charge is 0.388 e. The lowest BCUT2D eigenvalue weighted by atomic mass is 9.90. The van der Waals surface area contributed by atoms with Crippen LogP contribution in [0.1, 0.15) is 38.8 Å². The second-order valence-corrected chi connectivity index (χ2v) is 5.69. The molecule has 0 spiro atoms. The van der Waals surface area contributed by atoms with Gasteiger partial charge in [-0.15, -0.1) is 0 Å². The van der Waals surface area contributed by atoms with Crippen LogP contribution in [0.4, 0.5) is 5.69 Å². The van der Waals surface area contributed by atoms with Gasteiger partial charge in [0, 0.05) is 23.8 Å². The van der Waals surface area contributed by atoms with Crippen LogP contribution in [0, 0.1) is 0 Å². The average Bonchev–Trinajstić information content (AvgIpc) is 2.38. The number of nitrogens with one attached hydrogen (secondary N) is 1. The molecule has 0 saturated carbocycles. The molecule has 0 radical (unpaired) electrons. The second-order valence-electron chi connectivity index (χ2n) is 5.69. The molecule has 0 aromatic heterocycles. The van der Waals surface area contributed by atoms with E-state index in [4.69, 9.17) is 0 Å². The van der Waals surface area contributed by atoms with Gasteiger partial charge in [0.15, 0.2) is 0 Å². The van der Waals surface area contributed by atoms with E-state index in [1.54, 1.807) is 0 Å². The quantitative estimate of drug-likeness (QED) is 0.779. The molecule has 88 valence electrons. The summed E-state index contributed by atoms with van der Waals surface area (Å²) in [6.07, 6.45) is 0. The van der Waals surface area contributed by atoms with Crippen molar-refractivity contribution in [3.05, 3.63) is 29.3 Å². The number of rotatable bonds is 1. The molecule has 2 heteroatoms. The number of hydrogen-bond donors (Lipinski definition) is 1. The average molecular weight is 218 g/mol. The highest BCUT2D eigenvalue weighted by Gasteiger charge is 2.46.